The summed E-state index contributed by atoms with van der Waals surface area (Å²) >= 11 is 12.2. The van der Waals surface area contributed by atoms with E-state index in [-0.39, 0.29) is 28.0 Å². The fourth-order valence-corrected chi connectivity index (χ4v) is 4.27. The highest BCUT2D eigenvalue weighted by molar-refractivity contribution is 6.39. The second-order valence-electron chi connectivity index (χ2n) is 8.11. The number of halogens is 2. The predicted octanol–water partition coefficient (Wildman–Crippen LogP) is 5.74. The van der Waals surface area contributed by atoms with Gasteiger partial charge in [0, 0.05) is 30.1 Å². The molecule has 0 unspecified atom stereocenters. The highest BCUT2D eigenvalue weighted by atomic mass is 35.5. The zero-order valence-electron chi connectivity index (χ0n) is 21.1. The highest BCUT2D eigenvalue weighted by Crippen LogP contribution is 2.34. The molecule has 12 heteroatoms. The SMILES string of the molecule is CCn1nc(-c2cccc(-c3cc(C(=O)OC)ccc3OC)c2)cc(NC(=O)Nc2c(Cl)cncc2Cl)c1=O. The first kappa shape index (κ1) is 27.6. The minimum absolute atomic E-state index is 0.00340. The summed E-state index contributed by atoms with van der Waals surface area (Å²) in [5.74, 6) is 0.0776. The van der Waals surface area contributed by atoms with Gasteiger partial charge < -0.3 is 20.1 Å². The molecule has 0 aliphatic heterocycles. The van der Waals surface area contributed by atoms with E-state index in [1.165, 1.54) is 37.4 Å². The zero-order valence-corrected chi connectivity index (χ0v) is 22.6. The van der Waals surface area contributed by atoms with Crippen molar-refractivity contribution < 1.29 is 19.1 Å². The van der Waals surface area contributed by atoms with Crippen LogP contribution >= 0.6 is 23.2 Å². The molecule has 2 aromatic carbocycles. The number of hydrogen-bond acceptors (Lipinski definition) is 7. The molecular weight excluding hydrogens is 545 g/mol. The van der Waals surface area contributed by atoms with Crippen LogP contribution in [0.4, 0.5) is 16.2 Å². The molecule has 10 nitrogen and oxygen atoms in total. The Hall–Kier alpha value is -4.41. The summed E-state index contributed by atoms with van der Waals surface area (Å²) in [6.45, 7) is 2.03. The van der Waals surface area contributed by atoms with Crippen LogP contribution in [-0.4, -0.2) is 41.0 Å². The summed E-state index contributed by atoms with van der Waals surface area (Å²) in [6.07, 6.45) is 2.67. The van der Waals surface area contributed by atoms with Crippen molar-refractivity contribution in [3.05, 3.63) is 86.9 Å². The van der Waals surface area contributed by atoms with E-state index >= 15 is 0 Å². The van der Waals surface area contributed by atoms with Crippen LogP contribution in [0.25, 0.3) is 22.4 Å². The maximum atomic E-state index is 12.9. The molecule has 0 aliphatic rings. The molecule has 0 saturated heterocycles. The van der Waals surface area contributed by atoms with Gasteiger partial charge in [-0.1, -0.05) is 41.4 Å². The Balaban J connectivity index is 1.72. The second kappa shape index (κ2) is 12.0. The fraction of sp³-hybridized carbons (Fsp3) is 0.148. The second-order valence-corrected chi connectivity index (χ2v) is 8.92. The first-order chi connectivity index (χ1) is 18.7. The number of pyridine rings is 1. The van der Waals surface area contributed by atoms with E-state index in [9.17, 15) is 14.4 Å². The van der Waals surface area contributed by atoms with Gasteiger partial charge >= 0.3 is 12.0 Å². The average molecular weight is 568 g/mol. The van der Waals surface area contributed by atoms with Gasteiger partial charge in [0.2, 0.25) is 0 Å². The van der Waals surface area contributed by atoms with Crippen LogP contribution < -0.4 is 20.9 Å². The quantitative estimate of drug-likeness (QED) is 0.273. The number of rotatable bonds is 7. The minimum Gasteiger partial charge on any atom is -0.496 e. The molecule has 0 bridgehead atoms. The topological polar surface area (TPSA) is 124 Å². The average Bonchev–Trinajstić information content (AvgIpc) is 2.95. The van der Waals surface area contributed by atoms with Crippen molar-refractivity contribution in [3.63, 3.8) is 0 Å². The van der Waals surface area contributed by atoms with Gasteiger partial charge in [0.25, 0.3) is 5.56 Å². The first-order valence-corrected chi connectivity index (χ1v) is 12.4. The molecule has 200 valence electrons. The summed E-state index contributed by atoms with van der Waals surface area (Å²) in [4.78, 5) is 41.6. The number of aromatic nitrogens is 3. The third kappa shape index (κ3) is 6.02. The van der Waals surface area contributed by atoms with Crippen LogP contribution in [0.3, 0.4) is 0 Å². The number of anilines is 2. The Morgan fingerprint density at radius 1 is 0.974 bits per heavy atom. The summed E-state index contributed by atoms with van der Waals surface area (Å²) in [6, 6.07) is 13.1. The van der Waals surface area contributed by atoms with Crippen molar-refractivity contribution in [2.24, 2.45) is 0 Å². The molecule has 0 radical (unpaired) electrons. The molecule has 0 saturated carbocycles. The molecule has 0 atom stereocenters. The molecular formula is C27H23Cl2N5O5. The molecule has 0 fully saturated rings. The maximum Gasteiger partial charge on any atom is 0.337 e. The van der Waals surface area contributed by atoms with Gasteiger partial charge in [-0.15, -0.1) is 0 Å². The fourth-order valence-electron chi connectivity index (χ4n) is 3.81. The molecule has 2 aromatic heterocycles. The molecule has 2 N–H and O–H groups in total. The van der Waals surface area contributed by atoms with Crippen molar-refractivity contribution in [2.45, 2.75) is 13.5 Å². The Morgan fingerprint density at radius 3 is 2.36 bits per heavy atom. The van der Waals surface area contributed by atoms with Crippen molar-refractivity contribution in [1.29, 1.82) is 0 Å². The van der Waals surface area contributed by atoms with Gasteiger partial charge in [-0.25, -0.2) is 14.3 Å². The van der Waals surface area contributed by atoms with Crippen molar-refractivity contribution >= 4 is 46.6 Å². The Bertz CT molecular complexity index is 1600. The number of carbonyl (C=O) groups excluding carboxylic acids is 2. The molecule has 0 spiro atoms. The van der Waals surface area contributed by atoms with Crippen LogP contribution in [0, 0.1) is 0 Å². The number of aryl methyl sites for hydroxylation is 1. The normalized spacial score (nSPS) is 10.6. The number of carbonyl (C=O) groups is 2. The Kier molecular flexibility index (Phi) is 8.48. The Labute approximate surface area is 233 Å². The molecule has 4 rings (SSSR count). The van der Waals surface area contributed by atoms with Crippen molar-refractivity contribution in [3.8, 4) is 28.1 Å². The van der Waals surface area contributed by atoms with Crippen molar-refractivity contribution in [2.75, 3.05) is 24.9 Å². The molecule has 0 aliphatic carbocycles. The first-order valence-electron chi connectivity index (χ1n) is 11.6. The largest absolute Gasteiger partial charge is 0.496 e. The highest BCUT2D eigenvalue weighted by Gasteiger charge is 2.17. The van der Waals surface area contributed by atoms with Crippen LogP contribution in [0.5, 0.6) is 5.75 Å². The van der Waals surface area contributed by atoms with E-state index in [1.807, 2.05) is 24.3 Å². The zero-order chi connectivity index (χ0) is 28.1. The van der Waals surface area contributed by atoms with Gasteiger partial charge in [-0.05, 0) is 42.8 Å². The number of nitrogens with zero attached hydrogens (tertiary/aromatic N) is 3. The van der Waals surface area contributed by atoms with E-state index in [2.05, 4.69) is 20.7 Å². The van der Waals surface area contributed by atoms with Crippen LogP contribution in [-0.2, 0) is 11.3 Å². The maximum absolute atomic E-state index is 12.9. The van der Waals surface area contributed by atoms with E-state index < -0.39 is 17.6 Å². The lowest BCUT2D eigenvalue weighted by Crippen LogP contribution is -2.29. The minimum atomic E-state index is -0.722. The summed E-state index contributed by atoms with van der Waals surface area (Å²) in [5.41, 5.74) is 2.51. The number of hydrogen-bond donors (Lipinski definition) is 2. The van der Waals surface area contributed by atoms with E-state index in [1.54, 1.807) is 25.1 Å². The van der Waals surface area contributed by atoms with Crippen LogP contribution in [0.15, 0.2) is 65.7 Å². The van der Waals surface area contributed by atoms with E-state index in [4.69, 9.17) is 32.7 Å². The number of esters is 1. The smallest absolute Gasteiger partial charge is 0.337 e. The van der Waals surface area contributed by atoms with E-state index in [0.717, 1.165) is 5.56 Å². The number of ether oxygens (including phenoxy) is 2. The third-order valence-corrected chi connectivity index (χ3v) is 6.28. The number of nitrogens with one attached hydrogen (secondary N) is 2. The monoisotopic (exact) mass is 567 g/mol. The van der Waals surface area contributed by atoms with Crippen molar-refractivity contribution in [1.82, 2.24) is 14.8 Å². The molecule has 39 heavy (non-hydrogen) atoms. The lowest BCUT2D eigenvalue weighted by Gasteiger charge is -2.14. The molecule has 2 heterocycles. The van der Waals surface area contributed by atoms with Gasteiger partial charge in [-0.3, -0.25) is 9.78 Å². The van der Waals surface area contributed by atoms with Gasteiger partial charge in [-0.2, -0.15) is 5.10 Å². The number of benzene rings is 2. The number of amides is 2. The lowest BCUT2D eigenvalue weighted by molar-refractivity contribution is 0.0600. The summed E-state index contributed by atoms with van der Waals surface area (Å²) < 4.78 is 11.6. The number of urea groups is 1. The molecule has 2 amide bonds. The van der Waals surface area contributed by atoms with Crippen LogP contribution in [0.2, 0.25) is 10.0 Å². The van der Waals surface area contributed by atoms with Gasteiger partial charge in [0.1, 0.15) is 11.4 Å². The van der Waals surface area contributed by atoms with E-state index in [0.29, 0.717) is 28.1 Å². The summed E-state index contributed by atoms with van der Waals surface area (Å²) in [7, 11) is 2.85. The van der Waals surface area contributed by atoms with Crippen LogP contribution in [0.1, 0.15) is 17.3 Å². The molecule has 4 aromatic rings. The number of methoxy groups -OCH3 is 2. The Morgan fingerprint density at radius 2 is 1.69 bits per heavy atom. The summed E-state index contributed by atoms with van der Waals surface area (Å²) in [5, 5.41) is 9.83. The lowest BCUT2D eigenvalue weighted by atomic mass is 9.99. The standard InChI is InChI=1S/C27H23Cl2N5O5/c1-4-34-25(35)22(31-27(37)32-24-19(28)13-30-14-20(24)29)12-21(33-34)16-7-5-6-15(10-16)18-11-17(26(36)39-3)8-9-23(18)38-2/h5-14H,4H2,1-3H3,(H2,30,31,32,37). The van der Waals surface area contributed by atoms with Gasteiger partial charge in [0.05, 0.1) is 41.2 Å². The van der Waals surface area contributed by atoms with Gasteiger partial charge in [0.15, 0.2) is 0 Å². The third-order valence-electron chi connectivity index (χ3n) is 5.70. The predicted molar refractivity (Wildman–Crippen MR) is 150 cm³/mol.